The summed E-state index contributed by atoms with van der Waals surface area (Å²) in [7, 11) is 4.01. The highest BCUT2D eigenvalue weighted by atomic mass is 19.4. The Morgan fingerprint density at radius 3 is 2.57 bits per heavy atom. The normalized spacial score (nSPS) is 13.7. The number of alkyl halides is 3. The Balaban J connectivity index is 2.37. The molecule has 0 spiro atoms. The van der Waals surface area contributed by atoms with Crippen molar-refractivity contribution in [2.75, 3.05) is 33.7 Å². The van der Waals surface area contributed by atoms with Crippen LogP contribution in [0.5, 0.6) is 0 Å². The van der Waals surface area contributed by atoms with Gasteiger partial charge in [0.2, 0.25) is 0 Å². The molecule has 0 aliphatic carbocycles. The number of halogens is 3. The first-order chi connectivity index (χ1) is 9.80. The Bertz CT molecular complexity index is 422. The van der Waals surface area contributed by atoms with E-state index >= 15 is 0 Å². The summed E-state index contributed by atoms with van der Waals surface area (Å²) in [5.74, 6) is 0. The van der Waals surface area contributed by atoms with Crippen LogP contribution in [0.3, 0.4) is 0 Å². The van der Waals surface area contributed by atoms with E-state index in [2.05, 4.69) is 10.2 Å². The van der Waals surface area contributed by atoms with Gasteiger partial charge in [0.05, 0.1) is 11.7 Å². The Hall–Kier alpha value is -1.11. The van der Waals surface area contributed by atoms with Crippen molar-refractivity contribution in [3.63, 3.8) is 0 Å². The van der Waals surface area contributed by atoms with Gasteiger partial charge in [-0.2, -0.15) is 13.2 Å². The molecule has 1 atom stereocenters. The van der Waals surface area contributed by atoms with Gasteiger partial charge < -0.3 is 15.3 Å². The van der Waals surface area contributed by atoms with Gasteiger partial charge in [-0.3, -0.25) is 0 Å². The number of benzene rings is 1. The second kappa shape index (κ2) is 8.36. The summed E-state index contributed by atoms with van der Waals surface area (Å²) in [6.45, 7) is 1.99. The SMILES string of the molecule is CN(C)CCCCNCC(O)c1cccc(C(F)(F)F)c1. The summed E-state index contributed by atoms with van der Waals surface area (Å²) in [4.78, 5) is 2.09. The van der Waals surface area contributed by atoms with E-state index in [1.54, 1.807) is 0 Å². The van der Waals surface area contributed by atoms with Crippen LogP contribution in [0.4, 0.5) is 13.2 Å². The third kappa shape index (κ3) is 6.93. The van der Waals surface area contributed by atoms with Crippen molar-refractivity contribution in [2.45, 2.75) is 25.1 Å². The highest BCUT2D eigenvalue weighted by Gasteiger charge is 2.30. The summed E-state index contributed by atoms with van der Waals surface area (Å²) >= 11 is 0. The second-order valence-electron chi connectivity index (χ2n) is 5.35. The number of unbranched alkanes of at least 4 members (excludes halogenated alkanes) is 1. The van der Waals surface area contributed by atoms with E-state index in [0.29, 0.717) is 0 Å². The highest BCUT2D eigenvalue weighted by Crippen LogP contribution is 2.30. The standard InChI is InChI=1S/C15H23F3N2O/c1-20(2)9-4-3-8-19-11-14(21)12-6-5-7-13(10-12)15(16,17)18/h5-7,10,14,19,21H,3-4,8-9,11H2,1-2H3. The quantitative estimate of drug-likeness (QED) is 0.725. The summed E-state index contributed by atoms with van der Waals surface area (Å²) in [5.41, 5.74) is -0.448. The van der Waals surface area contributed by atoms with Crippen molar-refractivity contribution < 1.29 is 18.3 Å². The maximum absolute atomic E-state index is 12.6. The molecule has 6 heteroatoms. The van der Waals surface area contributed by atoms with E-state index in [0.717, 1.165) is 38.1 Å². The molecule has 0 aliphatic rings. The average Bonchev–Trinajstić information content (AvgIpc) is 2.41. The van der Waals surface area contributed by atoms with Crippen molar-refractivity contribution >= 4 is 0 Å². The van der Waals surface area contributed by atoms with E-state index < -0.39 is 17.8 Å². The number of aliphatic hydroxyl groups is 1. The predicted molar refractivity (Wildman–Crippen MR) is 77.1 cm³/mol. The zero-order valence-corrected chi connectivity index (χ0v) is 12.5. The van der Waals surface area contributed by atoms with Gasteiger partial charge in [0.15, 0.2) is 0 Å². The summed E-state index contributed by atoms with van der Waals surface area (Å²) in [5, 5.41) is 13.0. The molecule has 0 aliphatic heterocycles. The third-order valence-corrected chi connectivity index (χ3v) is 3.15. The van der Waals surface area contributed by atoms with Crippen LogP contribution in [-0.2, 0) is 6.18 Å². The van der Waals surface area contributed by atoms with E-state index in [-0.39, 0.29) is 12.1 Å². The van der Waals surface area contributed by atoms with Gasteiger partial charge in [-0.25, -0.2) is 0 Å². The molecule has 0 aromatic heterocycles. The number of aliphatic hydroxyl groups excluding tert-OH is 1. The second-order valence-corrected chi connectivity index (χ2v) is 5.35. The molecule has 0 saturated carbocycles. The summed E-state index contributed by atoms with van der Waals surface area (Å²) in [6.07, 6.45) is -3.30. The summed E-state index contributed by atoms with van der Waals surface area (Å²) in [6, 6.07) is 4.83. The molecule has 120 valence electrons. The van der Waals surface area contributed by atoms with E-state index in [4.69, 9.17) is 0 Å². The molecule has 21 heavy (non-hydrogen) atoms. The molecule has 0 radical (unpaired) electrons. The van der Waals surface area contributed by atoms with Crippen LogP contribution in [0.25, 0.3) is 0 Å². The monoisotopic (exact) mass is 304 g/mol. The van der Waals surface area contributed by atoms with Gasteiger partial charge in [-0.05, 0) is 57.7 Å². The first kappa shape index (κ1) is 17.9. The molecule has 1 unspecified atom stereocenters. The molecule has 2 N–H and O–H groups in total. The molecule has 0 saturated heterocycles. The molecule has 3 nitrogen and oxygen atoms in total. The molecule has 1 aromatic carbocycles. The Morgan fingerprint density at radius 2 is 1.95 bits per heavy atom. The lowest BCUT2D eigenvalue weighted by Crippen LogP contribution is -2.23. The van der Waals surface area contributed by atoms with E-state index in [9.17, 15) is 18.3 Å². The fourth-order valence-electron chi connectivity index (χ4n) is 1.96. The van der Waals surface area contributed by atoms with E-state index in [1.807, 2.05) is 14.1 Å². The predicted octanol–water partition coefficient (Wildman–Crippen LogP) is 2.67. The highest BCUT2D eigenvalue weighted by molar-refractivity contribution is 5.27. The average molecular weight is 304 g/mol. The molecular formula is C15H23F3N2O. The first-order valence-electron chi connectivity index (χ1n) is 7.01. The third-order valence-electron chi connectivity index (χ3n) is 3.15. The number of nitrogens with zero attached hydrogens (tertiary/aromatic N) is 1. The fourth-order valence-corrected chi connectivity index (χ4v) is 1.96. The minimum absolute atomic E-state index is 0.253. The Morgan fingerprint density at radius 1 is 1.24 bits per heavy atom. The Kier molecular flexibility index (Phi) is 7.14. The van der Waals surface area contributed by atoms with Gasteiger partial charge in [-0.1, -0.05) is 12.1 Å². The number of nitrogens with one attached hydrogen (secondary N) is 1. The number of hydrogen-bond acceptors (Lipinski definition) is 3. The van der Waals surface area contributed by atoms with Crippen molar-refractivity contribution in [3.8, 4) is 0 Å². The molecule has 0 heterocycles. The fraction of sp³-hybridized carbons (Fsp3) is 0.600. The molecule has 0 amide bonds. The van der Waals surface area contributed by atoms with Crippen molar-refractivity contribution in [1.82, 2.24) is 10.2 Å². The lowest BCUT2D eigenvalue weighted by molar-refractivity contribution is -0.137. The maximum Gasteiger partial charge on any atom is 0.416 e. The number of hydrogen-bond donors (Lipinski definition) is 2. The van der Waals surface area contributed by atoms with Crippen molar-refractivity contribution in [2.24, 2.45) is 0 Å². The molecule has 1 rings (SSSR count). The molecule has 0 bridgehead atoms. The van der Waals surface area contributed by atoms with Crippen molar-refractivity contribution in [1.29, 1.82) is 0 Å². The zero-order chi connectivity index (χ0) is 15.9. The Labute approximate surface area is 123 Å². The van der Waals surface area contributed by atoms with Crippen LogP contribution in [0.2, 0.25) is 0 Å². The van der Waals surface area contributed by atoms with Crippen LogP contribution < -0.4 is 5.32 Å². The minimum Gasteiger partial charge on any atom is -0.387 e. The first-order valence-corrected chi connectivity index (χ1v) is 7.01. The smallest absolute Gasteiger partial charge is 0.387 e. The van der Waals surface area contributed by atoms with Crippen molar-refractivity contribution in [3.05, 3.63) is 35.4 Å². The van der Waals surface area contributed by atoms with Crippen LogP contribution in [-0.4, -0.2) is 43.7 Å². The van der Waals surface area contributed by atoms with Gasteiger partial charge in [-0.15, -0.1) is 0 Å². The van der Waals surface area contributed by atoms with Gasteiger partial charge in [0.1, 0.15) is 0 Å². The number of rotatable bonds is 8. The molecular weight excluding hydrogens is 281 g/mol. The van der Waals surface area contributed by atoms with Crippen LogP contribution in [0.15, 0.2) is 24.3 Å². The molecule has 0 fully saturated rings. The van der Waals surface area contributed by atoms with E-state index in [1.165, 1.54) is 12.1 Å². The lowest BCUT2D eigenvalue weighted by Gasteiger charge is -2.15. The summed E-state index contributed by atoms with van der Waals surface area (Å²) < 4.78 is 37.8. The largest absolute Gasteiger partial charge is 0.416 e. The maximum atomic E-state index is 12.6. The van der Waals surface area contributed by atoms with Crippen LogP contribution in [0.1, 0.15) is 30.1 Å². The van der Waals surface area contributed by atoms with Gasteiger partial charge >= 0.3 is 6.18 Å². The van der Waals surface area contributed by atoms with Gasteiger partial charge in [0.25, 0.3) is 0 Å². The minimum atomic E-state index is -4.38. The zero-order valence-electron chi connectivity index (χ0n) is 12.5. The topological polar surface area (TPSA) is 35.5 Å². The van der Waals surface area contributed by atoms with Crippen LogP contribution >= 0.6 is 0 Å². The van der Waals surface area contributed by atoms with Gasteiger partial charge in [0, 0.05) is 6.54 Å². The van der Waals surface area contributed by atoms with Crippen LogP contribution in [0, 0.1) is 0 Å². The molecule has 1 aromatic rings. The lowest BCUT2D eigenvalue weighted by atomic mass is 10.1.